The van der Waals surface area contributed by atoms with Gasteiger partial charge in [0.15, 0.2) is 0 Å². The molecule has 0 heterocycles. The van der Waals surface area contributed by atoms with Crippen LogP contribution in [0.15, 0.2) is 0 Å². The van der Waals surface area contributed by atoms with Crippen LogP contribution in [-0.4, -0.2) is 0 Å². The van der Waals surface area contributed by atoms with Crippen LogP contribution in [0, 0.1) is 17.3 Å². The summed E-state index contributed by atoms with van der Waals surface area (Å²) in [5.74, 6) is 1.74. The van der Waals surface area contributed by atoms with E-state index in [4.69, 9.17) is 0 Å². The third-order valence-corrected chi connectivity index (χ3v) is 5.10. The highest BCUT2D eigenvalue weighted by molar-refractivity contribution is 4.80. The van der Waals surface area contributed by atoms with Crippen LogP contribution in [0.25, 0.3) is 0 Å². The molecule has 0 unspecified atom stereocenters. The maximum Gasteiger partial charge on any atom is -0.0297 e. The summed E-state index contributed by atoms with van der Waals surface area (Å²) in [4.78, 5) is 0. The largest absolute Gasteiger partial charge is 0.0654 e. The zero-order valence-corrected chi connectivity index (χ0v) is 16.1. The third kappa shape index (κ3) is 11.2. The molecular weight excluding hydrogens is 252 g/mol. The Morgan fingerprint density at radius 3 is 1.19 bits per heavy atom. The highest BCUT2D eigenvalue weighted by Crippen LogP contribution is 2.41. The molecular formula is C21H44. The average Bonchev–Trinajstić information content (AvgIpc) is 2.41. The van der Waals surface area contributed by atoms with Gasteiger partial charge in [0.05, 0.1) is 0 Å². The Labute approximate surface area is 136 Å². The Balaban J connectivity index is 4.58. The second kappa shape index (κ2) is 12.5. The van der Waals surface area contributed by atoms with E-state index in [1.54, 1.807) is 0 Å². The monoisotopic (exact) mass is 296 g/mol. The number of unbranched alkanes of at least 4 members (excludes halogenated alkanes) is 2. The van der Waals surface area contributed by atoms with Gasteiger partial charge in [0.25, 0.3) is 0 Å². The molecule has 0 atom stereocenters. The summed E-state index contributed by atoms with van der Waals surface area (Å²) < 4.78 is 0. The van der Waals surface area contributed by atoms with E-state index >= 15 is 0 Å². The van der Waals surface area contributed by atoms with E-state index in [0.29, 0.717) is 5.41 Å². The quantitative estimate of drug-likeness (QED) is 0.304. The smallest absolute Gasteiger partial charge is 0.0297 e. The Kier molecular flexibility index (Phi) is 12.5. The molecule has 0 rings (SSSR count). The summed E-state index contributed by atoms with van der Waals surface area (Å²) in [5.41, 5.74) is 0.676. The Morgan fingerprint density at radius 1 is 0.571 bits per heavy atom. The summed E-state index contributed by atoms with van der Waals surface area (Å²) >= 11 is 0. The lowest BCUT2D eigenvalue weighted by atomic mass is 9.70. The Bertz CT molecular complexity index is 190. The van der Waals surface area contributed by atoms with Crippen molar-refractivity contribution in [3.63, 3.8) is 0 Å². The first kappa shape index (κ1) is 21.0. The second-order valence-corrected chi connectivity index (χ2v) is 8.28. The van der Waals surface area contributed by atoms with Crippen molar-refractivity contribution < 1.29 is 0 Å². The summed E-state index contributed by atoms with van der Waals surface area (Å²) in [6.07, 6.45) is 17.3. The fraction of sp³-hybridized carbons (Fsp3) is 1.00. The van der Waals surface area contributed by atoms with Crippen LogP contribution >= 0.6 is 0 Å². The zero-order valence-electron chi connectivity index (χ0n) is 16.1. The van der Waals surface area contributed by atoms with Crippen LogP contribution in [0.5, 0.6) is 0 Å². The Morgan fingerprint density at radius 2 is 0.905 bits per heavy atom. The van der Waals surface area contributed by atoms with Crippen LogP contribution in [0.3, 0.4) is 0 Å². The summed E-state index contributed by atoms with van der Waals surface area (Å²) in [6.45, 7) is 14.2. The number of hydrogen-bond acceptors (Lipinski definition) is 0. The predicted molar refractivity (Wildman–Crippen MR) is 98.9 cm³/mol. The lowest BCUT2D eigenvalue weighted by Gasteiger charge is -2.35. The molecule has 0 aromatic heterocycles. The normalized spacial score (nSPS) is 12.6. The minimum atomic E-state index is 0.676. The molecule has 0 aromatic carbocycles. The van der Waals surface area contributed by atoms with Crippen LogP contribution in [0.4, 0.5) is 0 Å². The van der Waals surface area contributed by atoms with Crippen molar-refractivity contribution >= 4 is 0 Å². The van der Waals surface area contributed by atoms with Gasteiger partial charge in [-0.05, 0) is 42.9 Å². The molecule has 0 aromatic rings. The van der Waals surface area contributed by atoms with Crippen LogP contribution in [0.1, 0.15) is 119 Å². The maximum atomic E-state index is 2.37. The van der Waals surface area contributed by atoms with Crippen LogP contribution in [-0.2, 0) is 0 Å². The van der Waals surface area contributed by atoms with E-state index < -0.39 is 0 Å². The molecule has 0 radical (unpaired) electrons. The lowest BCUT2D eigenvalue weighted by molar-refractivity contribution is 0.170. The molecule has 0 aliphatic heterocycles. The van der Waals surface area contributed by atoms with E-state index in [-0.39, 0.29) is 0 Å². The van der Waals surface area contributed by atoms with Crippen molar-refractivity contribution in [1.82, 2.24) is 0 Å². The lowest BCUT2D eigenvalue weighted by Crippen LogP contribution is -2.22. The highest BCUT2D eigenvalue weighted by atomic mass is 14.3. The van der Waals surface area contributed by atoms with Gasteiger partial charge in [-0.3, -0.25) is 0 Å². The minimum Gasteiger partial charge on any atom is -0.0654 e. The van der Waals surface area contributed by atoms with E-state index in [2.05, 4.69) is 41.5 Å². The van der Waals surface area contributed by atoms with Gasteiger partial charge in [0.2, 0.25) is 0 Å². The summed E-state index contributed by atoms with van der Waals surface area (Å²) in [7, 11) is 0. The third-order valence-electron chi connectivity index (χ3n) is 5.10. The Hall–Kier alpha value is 0. The van der Waals surface area contributed by atoms with Crippen LogP contribution < -0.4 is 0 Å². The predicted octanol–water partition coefficient (Wildman–Crippen LogP) is 8.01. The first-order valence-corrected chi connectivity index (χ1v) is 9.95. The van der Waals surface area contributed by atoms with Gasteiger partial charge < -0.3 is 0 Å². The van der Waals surface area contributed by atoms with E-state index in [1.165, 1.54) is 77.0 Å². The van der Waals surface area contributed by atoms with Crippen molar-refractivity contribution in [1.29, 1.82) is 0 Å². The molecule has 0 amide bonds. The second-order valence-electron chi connectivity index (χ2n) is 8.28. The molecule has 21 heavy (non-hydrogen) atoms. The van der Waals surface area contributed by atoms with Gasteiger partial charge in [-0.2, -0.15) is 0 Å². The summed E-state index contributed by atoms with van der Waals surface area (Å²) in [6, 6.07) is 0. The maximum absolute atomic E-state index is 2.37. The van der Waals surface area contributed by atoms with Crippen molar-refractivity contribution in [2.75, 3.05) is 0 Å². The molecule has 0 aliphatic rings. The SMILES string of the molecule is CCCCC(CCCC)(CCCC(C)C)CCCC(C)C. The van der Waals surface area contributed by atoms with Crippen LogP contribution in [0.2, 0.25) is 0 Å². The fourth-order valence-electron chi connectivity index (χ4n) is 3.62. The summed E-state index contributed by atoms with van der Waals surface area (Å²) in [5, 5.41) is 0. The molecule has 0 saturated heterocycles. The molecule has 0 saturated carbocycles. The van der Waals surface area contributed by atoms with Gasteiger partial charge >= 0.3 is 0 Å². The number of rotatable bonds is 14. The molecule has 0 spiro atoms. The van der Waals surface area contributed by atoms with Gasteiger partial charge in [-0.15, -0.1) is 0 Å². The topological polar surface area (TPSA) is 0 Å². The van der Waals surface area contributed by atoms with Crippen molar-refractivity contribution in [3.8, 4) is 0 Å². The zero-order chi connectivity index (χ0) is 16.1. The molecule has 0 N–H and O–H groups in total. The molecule has 0 fully saturated rings. The fourth-order valence-corrected chi connectivity index (χ4v) is 3.62. The first-order chi connectivity index (χ1) is 9.95. The van der Waals surface area contributed by atoms with E-state index in [0.717, 1.165) is 11.8 Å². The van der Waals surface area contributed by atoms with Gasteiger partial charge in [-0.25, -0.2) is 0 Å². The standard InChI is InChI=1S/C21H44/c1-7-9-15-21(16-10-8-2,17-11-13-19(3)4)18-12-14-20(5)6/h19-20H,7-18H2,1-6H3. The molecule has 0 nitrogen and oxygen atoms in total. The van der Waals surface area contributed by atoms with Gasteiger partial charge in [0, 0.05) is 0 Å². The molecule has 0 bridgehead atoms. The first-order valence-electron chi connectivity index (χ1n) is 9.95. The highest BCUT2D eigenvalue weighted by Gasteiger charge is 2.28. The van der Waals surface area contributed by atoms with Crippen molar-refractivity contribution in [2.45, 2.75) is 119 Å². The molecule has 0 heteroatoms. The molecule has 128 valence electrons. The minimum absolute atomic E-state index is 0.676. The number of hydrogen-bond donors (Lipinski definition) is 0. The van der Waals surface area contributed by atoms with Crippen molar-refractivity contribution in [3.05, 3.63) is 0 Å². The van der Waals surface area contributed by atoms with Gasteiger partial charge in [-0.1, -0.05) is 92.9 Å². The van der Waals surface area contributed by atoms with Gasteiger partial charge in [0.1, 0.15) is 0 Å². The average molecular weight is 297 g/mol. The van der Waals surface area contributed by atoms with E-state index in [1.807, 2.05) is 0 Å². The van der Waals surface area contributed by atoms with E-state index in [9.17, 15) is 0 Å². The van der Waals surface area contributed by atoms with Crippen molar-refractivity contribution in [2.24, 2.45) is 17.3 Å². The molecule has 0 aliphatic carbocycles.